The van der Waals surface area contributed by atoms with Gasteiger partial charge in [-0.3, -0.25) is 0 Å². The molecule has 66 valence electrons. The van der Waals surface area contributed by atoms with Gasteiger partial charge in [-0.25, -0.2) is 4.39 Å². The summed E-state index contributed by atoms with van der Waals surface area (Å²) in [6.07, 6.45) is 0. The first kappa shape index (κ1) is 8.05. The minimum Gasteiger partial charge on any atom is -0.355 e. The zero-order valence-electron chi connectivity index (χ0n) is 7.39. The first-order chi connectivity index (χ1) is 6.16. The van der Waals surface area contributed by atoms with Gasteiger partial charge in [-0.05, 0) is 36.8 Å². The number of fused-ring (bicyclic) bond motifs is 1. The van der Waals surface area contributed by atoms with Gasteiger partial charge in [-0.15, -0.1) is 0 Å². The van der Waals surface area contributed by atoms with Crippen molar-refractivity contribution in [3.05, 3.63) is 42.4 Å². The van der Waals surface area contributed by atoms with Crippen molar-refractivity contribution >= 4 is 16.5 Å². The largest absolute Gasteiger partial charge is 0.355 e. The fourth-order valence-electron chi connectivity index (χ4n) is 1.33. The van der Waals surface area contributed by atoms with Crippen LogP contribution in [0.3, 0.4) is 0 Å². The summed E-state index contributed by atoms with van der Waals surface area (Å²) in [4.78, 5) is 3.16. The van der Waals surface area contributed by atoms with E-state index in [2.05, 4.69) is 11.6 Å². The molecule has 2 aromatic rings. The van der Waals surface area contributed by atoms with Crippen molar-refractivity contribution in [2.75, 3.05) is 0 Å². The Balaban J connectivity index is 2.68. The molecule has 2 heteroatoms. The molecule has 0 radical (unpaired) electrons. The molecule has 0 aliphatic heterocycles. The molecule has 1 aromatic carbocycles. The molecule has 2 rings (SSSR count). The van der Waals surface area contributed by atoms with E-state index in [1.54, 1.807) is 6.07 Å². The lowest BCUT2D eigenvalue weighted by molar-refractivity contribution is 0.630. The van der Waals surface area contributed by atoms with Gasteiger partial charge in [0.2, 0.25) is 0 Å². The summed E-state index contributed by atoms with van der Waals surface area (Å²) in [6.45, 7) is 5.74. The highest BCUT2D eigenvalue weighted by atomic mass is 19.1. The van der Waals surface area contributed by atoms with Crippen molar-refractivity contribution in [3.63, 3.8) is 0 Å². The third-order valence-corrected chi connectivity index (χ3v) is 2.04. The minimum atomic E-state index is -0.209. The Labute approximate surface area is 75.9 Å². The lowest BCUT2D eigenvalue weighted by Gasteiger charge is -1.90. The second kappa shape index (κ2) is 2.73. The number of halogens is 1. The van der Waals surface area contributed by atoms with Crippen LogP contribution in [0.2, 0.25) is 0 Å². The fourth-order valence-corrected chi connectivity index (χ4v) is 1.33. The van der Waals surface area contributed by atoms with Gasteiger partial charge in [-0.1, -0.05) is 6.58 Å². The van der Waals surface area contributed by atoms with Crippen molar-refractivity contribution in [1.82, 2.24) is 4.98 Å². The van der Waals surface area contributed by atoms with Crippen LogP contribution in [0, 0.1) is 5.82 Å². The molecule has 0 unspecified atom stereocenters. The van der Waals surface area contributed by atoms with Crippen LogP contribution in [0.25, 0.3) is 16.5 Å². The molecule has 0 saturated carbocycles. The summed E-state index contributed by atoms with van der Waals surface area (Å²) in [6, 6.07) is 6.59. The highest BCUT2D eigenvalue weighted by molar-refractivity contribution is 5.84. The van der Waals surface area contributed by atoms with Crippen LogP contribution < -0.4 is 0 Å². The molecule has 0 atom stereocenters. The third kappa shape index (κ3) is 1.35. The van der Waals surface area contributed by atoms with Gasteiger partial charge >= 0.3 is 0 Å². The van der Waals surface area contributed by atoms with Crippen molar-refractivity contribution in [2.24, 2.45) is 0 Å². The van der Waals surface area contributed by atoms with Crippen LogP contribution in [0.15, 0.2) is 30.8 Å². The standard InChI is InChI=1S/C11H10FN/c1-7(2)11-6-8-5-9(12)3-4-10(8)13-11/h3-6,13H,1H2,2H3. The number of aromatic nitrogens is 1. The van der Waals surface area contributed by atoms with Gasteiger partial charge in [0.05, 0.1) is 0 Å². The number of nitrogens with one attached hydrogen (secondary N) is 1. The van der Waals surface area contributed by atoms with Crippen molar-refractivity contribution in [3.8, 4) is 0 Å². The molecule has 0 amide bonds. The molecule has 0 spiro atoms. The maximum atomic E-state index is 12.8. The van der Waals surface area contributed by atoms with E-state index in [4.69, 9.17) is 0 Å². The van der Waals surface area contributed by atoms with Crippen molar-refractivity contribution in [2.45, 2.75) is 6.92 Å². The zero-order chi connectivity index (χ0) is 9.42. The Hall–Kier alpha value is -1.57. The number of benzene rings is 1. The maximum absolute atomic E-state index is 12.8. The second-order valence-corrected chi connectivity index (χ2v) is 3.19. The maximum Gasteiger partial charge on any atom is 0.123 e. The van der Waals surface area contributed by atoms with Crippen molar-refractivity contribution in [1.29, 1.82) is 0 Å². The van der Waals surface area contributed by atoms with Gasteiger partial charge in [0.1, 0.15) is 5.82 Å². The average Bonchev–Trinajstić information content (AvgIpc) is 2.46. The predicted octanol–water partition coefficient (Wildman–Crippen LogP) is 3.34. The Morgan fingerprint density at radius 2 is 2.15 bits per heavy atom. The van der Waals surface area contributed by atoms with Gasteiger partial charge < -0.3 is 4.98 Å². The Morgan fingerprint density at radius 1 is 1.38 bits per heavy atom. The lowest BCUT2D eigenvalue weighted by atomic mass is 10.2. The summed E-state index contributed by atoms with van der Waals surface area (Å²) >= 11 is 0. The number of allylic oxidation sites excluding steroid dienone is 1. The topological polar surface area (TPSA) is 15.8 Å². The van der Waals surface area contributed by atoms with Crippen LogP contribution in [0.5, 0.6) is 0 Å². The first-order valence-electron chi connectivity index (χ1n) is 4.11. The van der Waals surface area contributed by atoms with E-state index >= 15 is 0 Å². The second-order valence-electron chi connectivity index (χ2n) is 3.19. The number of hydrogen-bond acceptors (Lipinski definition) is 0. The molecule has 0 bridgehead atoms. The summed E-state index contributed by atoms with van der Waals surface area (Å²) in [5.41, 5.74) is 2.86. The summed E-state index contributed by atoms with van der Waals surface area (Å²) in [5.74, 6) is -0.209. The van der Waals surface area contributed by atoms with Crippen LogP contribution in [-0.2, 0) is 0 Å². The number of hydrogen-bond donors (Lipinski definition) is 1. The number of H-pyrrole nitrogens is 1. The summed E-state index contributed by atoms with van der Waals surface area (Å²) in [7, 11) is 0. The lowest BCUT2D eigenvalue weighted by Crippen LogP contribution is -1.74. The van der Waals surface area contributed by atoms with E-state index in [0.717, 1.165) is 22.2 Å². The molecular weight excluding hydrogens is 165 g/mol. The molecule has 0 aliphatic rings. The van der Waals surface area contributed by atoms with Gasteiger partial charge in [-0.2, -0.15) is 0 Å². The summed E-state index contributed by atoms with van der Waals surface area (Å²) in [5, 5.41) is 0.887. The minimum absolute atomic E-state index is 0.209. The van der Waals surface area contributed by atoms with Crippen LogP contribution >= 0.6 is 0 Å². The van der Waals surface area contributed by atoms with E-state index < -0.39 is 0 Å². The molecular formula is C11H10FN. The molecule has 0 aliphatic carbocycles. The molecule has 13 heavy (non-hydrogen) atoms. The van der Waals surface area contributed by atoms with E-state index in [1.807, 2.05) is 13.0 Å². The van der Waals surface area contributed by atoms with Gasteiger partial charge in [0.15, 0.2) is 0 Å². The predicted molar refractivity (Wildman–Crippen MR) is 53.0 cm³/mol. The molecule has 1 heterocycles. The number of rotatable bonds is 1. The van der Waals surface area contributed by atoms with Crippen LogP contribution in [0.4, 0.5) is 4.39 Å². The molecule has 0 saturated heterocycles. The van der Waals surface area contributed by atoms with E-state index in [-0.39, 0.29) is 5.82 Å². The zero-order valence-corrected chi connectivity index (χ0v) is 7.39. The van der Waals surface area contributed by atoms with Gasteiger partial charge in [0, 0.05) is 16.6 Å². The smallest absolute Gasteiger partial charge is 0.123 e. The van der Waals surface area contributed by atoms with Gasteiger partial charge in [0.25, 0.3) is 0 Å². The highest BCUT2D eigenvalue weighted by Gasteiger charge is 2.01. The Bertz CT molecular complexity index is 468. The van der Waals surface area contributed by atoms with E-state index in [0.29, 0.717) is 0 Å². The Kier molecular flexibility index (Phi) is 1.69. The molecule has 1 N–H and O–H groups in total. The monoisotopic (exact) mass is 175 g/mol. The van der Waals surface area contributed by atoms with Crippen molar-refractivity contribution < 1.29 is 4.39 Å². The molecule has 1 nitrogen and oxygen atoms in total. The third-order valence-electron chi connectivity index (χ3n) is 2.04. The average molecular weight is 175 g/mol. The molecule has 0 fully saturated rings. The van der Waals surface area contributed by atoms with E-state index in [9.17, 15) is 4.39 Å². The van der Waals surface area contributed by atoms with E-state index in [1.165, 1.54) is 12.1 Å². The normalized spacial score (nSPS) is 10.6. The fraction of sp³-hybridized carbons (Fsp3) is 0.0909. The number of aromatic amines is 1. The molecule has 1 aromatic heterocycles. The Morgan fingerprint density at radius 3 is 2.85 bits per heavy atom. The quantitative estimate of drug-likeness (QED) is 0.684. The first-order valence-corrected chi connectivity index (χ1v) is 4.11. The SMILES string of the molecule is C=C(C)c1cc2cc(F)ccc2[nH]1. The highest BCUT2D eigenvalue weighted by Crippen LogP contribution is 2.20. The van der Waals surface area contributed by atoms with Crippen LogP contribution in [-0.4, -0.2) is 4.98 Å². The van der Waals surface area contributed by atoms with Crippen LogP contribution in [0.1, 0.15) is 12.6 Å². The summed E-state index contributed by atoms with van der Waals surface area (Å²) < 4.78 is 12.8.